The molecular weight excluding hydrogens is 350 g/mol. The van der Waals surface area contributed by atoms with Crippen LogP contribution in [0.5, 0.6) is 5.75 Å². The highest BCUT2D eigenvalue weighted by Crippen LogP contribution is 2.20. The summed E-state index contributed by atoms with van der Waals surface area (Å²) in [6, 6.07) is 17.2. The van der Waals surface area contributed by atoms with Crippen LogP contribution in [0.25, 0.3) is 11.4 Å². The van der Waals surface area contributed by atoms with Crippen molar-refractivity contribution in [1.82, 2.24) is 15.0 Å². The Morgan fingerprint density at radius 2 is 1.88 bits per heavy atom. The van der Waals surface area contributed by atoms with E-state index >= 15 is 0 Å². The predicted molar refractivity (Wildman–Crippen MR) is 99.9 cm³/mol. The van der Waals surface area contributed by atoms with E-state index in [0.29, 0.717) is 17.5 Å². The lowest BCUT2D eigenvalue weighted by Gasteiger charge is -2.14. The summed E-state index contributed by atoms with van der Waals surface area (Å²) in [4.78, 5) is 19.3. The van der Waals surface area contributed by atoms with E-state index in [1.807, 2.05) is 54.6 Å². The average molecular weight is 369 g/mol. The Kier molecular flexibility index (Phi) is 5.91. The third-order valence-corrected chi connectivity index (χ3v) is 4.72. The van der Waals surface area contributed by atoms with E-state index in [2.05, 4.69) is 10.1 Å². The van der Waals surface area contributed by atoms with Crippen LogP contribution in [0.2, 0.25) is 0 Å². The third-order valence-electron chi connectivity index (χ3n) is 3.72. The van der Waals surface area contributed by atoms with Crippen molar-refractivity contribution in [2.75, 3.05) is 19.9 Å². The summed E-state index contributed by atoms with van der Waals surface area (Å²) in [6.07, 6.45) is 0. The molecule has 0 unspecified atom stereocenters. The topological polar surface area (TPSA) is 68.5 Å². The number of thioether (sulfide) groups is 1. The van der Waals surface area contributed by atoms with E-state index in [1.54, 1.807) is 19.1 Å². The van der Waals surface area contributed by atoms with Gasteiger partial charge >= 0.3 is 0 Å². The number of benzene rings is 2. The minimum Gasteiger partial charge on any atom is -0.497 e. The molecular formula is C19H19N3O3S. The maximum absolute atomic E-state index is 12.3. The minimum atomic E-state index is 0.00282. The van der Waals surface area contributed by atoms with Crippen LogP contribution in [0.4, 0.5) is 0 Å². The Labute approximate surface area is 156 Å². The van der Waals surface area contributed by atoms with Gasteiger partial charge in [0.05, 0.1) is 19.4 Å². The Balaban J connectivity index is 1.56. The summed E-state index contributed by atoms with van der Waals surface area (Å²) in [5, 5.41) is 3.98. The van der Waals surface area contributed by atoms with Gasteiger partial charge in [0.2, 0.25) is 17.6 Å². The molecule has 0 saturated heterocycles. The molecule has 7 heteroatoms. The lowest BCUT2D eigenvalue weighted by atomic mass is 10.2. The fourth-order valence-electron chi connectivity index (χ4n) is 2.24. The third kappa shape index (κ3) is 4.64. The zero-order chi connectivity index (χ0) is 18.4. The van der Waals surface area contributed by atoms with Crippen molar-refractivity contribution in [2.45, 2.75) is 11.4 Å². The fourth-order valence-corrected chi connectivity index (χ4v) is 3.10. The van der Waals surface area contributed by atoms with Gasteiger partial charge in [-0.05, 0) is 36.4 Å². The average Bonchev–Trinajstić information content (AvgIpc) is 3.15. The highest BCUT2D eigenvalue weighted by molar-refractivity contribution is 8.00. The first-order valence-electron chi connectivity index (χ1n) is 8.04. The molecule has 3 rings (SSSR count). The summed E-state index contributed by atoms with van der Waals surface area (Å²) in [7, 11) is 3.34. The first kappa shape index (κ1) is 18.0. The molecule has 0 fully saturated rings. The van der Waals surface area contributed by atoms with Gasteiger partial charge < -0.3 is 14.2 Å². The van der Waals surface area contributed by atoms with Crippen molar-refractivity contribution < 1.29 is 14.1 Å². The largest absolute Gasteiger partial charge is 0.497 e. The number of carbonyl (C=O) groups excluding carboxylic acids is 1. The standard InChI is InChI=1S/C19H19N3O3S/c1-22(18(23)13-26-16-6-4-3-5-7-16)12-17-20-19(21-25-17)14-8-10-15(24-2)11-9-14/h3-11H,12-13H2,1-2H3. The van der Waals surface area contributed by atoms with Crippen molar-refractivity contribution in [3.05, 3.63) is 60.5 Å². The number of methoxy groups -OCH3 is 1. The van der Waals surface area contributed by atoms with Crippen LogP contribution in [0.1, 0.15) is 5.89 Å². The van der Waals surface area contributed by atoms with E-state index in [4.69, 9.17) is 9.26 Å². The van der Waals surface area contributed by atoms with Gasteiger partial charge in [0.15, 0.2) is 0 Å². The fraction of sp³-hybridized carbons (Fsp3) is 0.211. The van der Waals surface area contributed by atoms with Gasteiger partial charge in [-0.15, -0.1) is 11.8 Å². The number of rotatable bonds is 7. The lowest BCUT2D eigenvalue weighted by Crippen LogP contribution is -2.27. The second-order valence-electron chi connectivity index (χ2n) is 5.59. The van der Waals surface area contributed by atoms with Gasteiger partial charge in [-0.25, -0.2) is 0 Å². The van der Waals surface area contributed by atoms with Gasteiger partial charge in [-0.2, -0.15) is 4.98 Å². The highest BCUT2D eigenvalue weighted by atomic mass is 32.2. The number of hydrogen-bond donors (Lipinski definition) is 0. The van der Waals surface area contributed by atoms with Crippen LogP contribution in [-0.4, -0.2) is 40.9 Å². The van der Waals surface area contributed by atoms with Crippen molar-refractivity contribution >= 4 is 17.7 Å². The molecule has 1 amide bonds. The van der Waals surface area contributed by atoms with Crippen LogP contribution < -0.4 is 4.74 Å². The Hall–Kier alpha value is -2.80. The number of ether oxygens (including phenoxy) is 1. The summed E-state index contributed by atoms with van der Waals surface area (Å²) in [6.45, 7) is 0.275. The molecule has 1 heterocycles. The summed E-state index contributed by atoms with van der Waals surface area (Å²) < 4.78 is 10.4. The Bertz CT molecular complexity index is 850. The molecule has 0 aliphatic carbocycles. The second kappa shape index (κ2) is 8.53. The first-order valence-corrected chi connectivity index (χ1v) is 9.03. The van der Waals surface area contributed by atoms with Gasteiger partial charge in [0.25, 0.3) is 0 Å². The van der Waals surface area contributed by atoms with Crippen molar-refractivity contribution in [1.29, 1.82) is 0 Å². The molecule has 0 radical (unpaired) electrons. The van der Waals surface area contributed by atoms with Gasteiger partial charge in [0.1, 0.15) is 5.75 Å². The molecule has 2 aromatic carbocycles. The maximum atomic E-state index is 12.3. The summed E-state index contributed by atoms with van der Waals surface area (Å²) >= 11 is 1.50. The smallest absolute Gasteiger partial charge is 0.246 e. The number of nitrogens with zero attached hydrogens (tertiary/aromatic N) is 3. The molecule has 3 aromatic rings. The van der Waals surface area contributed by atoms with E-state index in [-0.39, 0.29) is 12.5 Å². The minimum absolute atomic E-state index is 0.00282. The molecule has 0 aliphatic heterocycles. The monoisotopic (exact) mass is 369 g/mol. The van der Waals surface area contributed by atoms with Crippen molar-refractivity contribution in [3.8, 4) is 17.1 Å². The SMILES string of the molecule is COc1ccc(-c2noc(CN(C)C(=O)CSc3ccccc3)n2)cc1. The van der Waals surface area contributed by atoms with Crippen molar-refractivity contribution in [3.63, 3.8) is 0 Å². The normalized spacial score (nSPS) is 10.5. The highest BCUT2D eigenvalue weighted by Gasteiger charge is 2.15. The molecule has 6 nitrogen and oxygen atoms in total. The van der Waals surface area contributed by atoms with Crippen LogP contribution in [0.15, 0.2) is 64.0 Å². The van der Waals surface area contributed by atoms with Crippen LogP contribution in [0, 0.1) is 0 Å². The van der Waals surface area contributed by atoms with Gasteiger partial charge in [0, 0.05) is 17.5 Å². The van der Waals surface area contributed by atoms with E-state index in [1.165, 1.54) is 11.8 Å². The van der Waals surface area contributed by atoms with Gasteiger partial charge in [-0.1, -0.05) is 23.4 Å². The molecule has 0 bridgehead atoms. The molecule has 134 valence electrons. The number of amides is 1. The van der Waals surface area contributed by atoms with Crippen LogP contribution in [0.3, 0.4) is 0 Å². The van der Waals surface area contributed by atoms with E-state index < -0.39 is 0 Å². The molecule has 0 N–H and O–H groups in total. The van der Waals surface area contributed by atoms with E-state index in [9.17, 15) is 4.79 Å². The number of carbonyl (C=O) groups is 1. The predicted octanol–water partition coefficient (Wildman–Crippen LogP) is 3.50. The van der Waals surface area contributed by atoms with Crippen molar-refractivity contribution in [2.24, 2.45) is 0 Å². The summed E-state index contributed by atoms with van der Waals surface area (Å²) in [5.41, 5.74) is 0.828. The molecule has 0 saturated carbocycles. The molecule has 0 atom stereocenters. The second-order valence-corrected chi connectivity index (χ2v) is 6.64. The van der Waals surface area contributed by atoms with Crippen LogP contribution >= 0.6 is 11.8 Å². The quantitative estimate of drug-likeness (QED) is 0.594. The Morgan fingerprint density at radius 3 is 2.58 bits per heavy atom. The Morgan fingerprint density at radius 1 is 1.15 bits per heavy atom. The van der Waals surface area contributed by atoms with Gasteiger partial charge in [-0.3, -0.25) is 4.79 Å². The first-order chi connectivity index (χ1) is 12.7. The molecule has 1 aromatic heterocycles. The zero-order valence-corrected chi connectivity index (χ0v) is 15.4. The molecule has 0 spiro atoms. The summed E-state index contributed by atoms with van der Waals surface area (Å²) in [5.74, 6) is 2.01. The lowest BCUT2D eigenvalue weighted by molar-refractivity contribution is -0.127. The zero-order valence-electron chi connectivity index (χ0n) is 14.6. The van der Waals surface area contributed by atoms with E-state index in [0.717, 1.165) is 16.2 Å². The van der Waals surface area contributed by atoms with Crippen LogP contribution in [-0.2, 0) is 11.3 Å². The number of aromatic nitrogens is 2. The number of hydrogen-bond acceptors (Lipinski definition) is 6. The molecule has 0 aliphatic rings. The molecule has 26 heavy (non-hydrogen) atoms. The maximum Gasteiger partial charge on any atom is 0.246 e.